The van der Waals surface area contributed by atoms with E-state index in [-0.39, 0.29) is 39.6 Å². The second-order valence-electron chi connectivity index (χ2n) is 6.12. The summed E-state index contributed by atoms with van der Waals surface area (Å²) in [5.41, 5.74) is -1.69. The fourth-order valence-corrected chi connectivity index (χ4v) is 2.05. The third-order valence-corrected chi connectivity index (χ3v) is 4.28. The monoisotopic (exact) mass is 324 g/mol. The molecule has 0 atom stereocenters. The van der Waals surface area contributed by atoms with Crippen molar-refractivity contribution < 1.29 is 35.4 Å². The van der Waals surface area contributed by atoms with Gasteiger partial charge in [0.1, 0.15) is 0 Å². The molecule has 7 nitrogen and oxygen atoms in total. The average Bonchev–Trinajstić information content (AvgIpc) is 2.58. The van der Waals surface area contributed by atoms with Gasteiger partial charge in [-0.3, -0.25) is 0 Å². The van der Waals surface area contributed by atoms with E-state index >= 15 is 0 Å². The SMILES string of the molecule is OCC(CO)(CO)CCCCCOCCC(CO)(CO)CO. The molecule has 0 saturated heterocycles. The maximum Gasteiger partial charge on any atom is 0.0532 e. The fourth-order valence-electron chi connectivity index (χ4n) is 2.05. The summed E-state index contributed by atoms with van der Waals surface area (Å²) in [6.45, 7) is -0.663. The van der Waals surface area contributed by atoms with Crippen molar-refractivity contribution in [2.24, 2.45) is 10.8 Å². The topological polar surface area (TPSA) is 131 Å². The maximum atomic E-state index is 9.19. The van der Waals surface area contributed by atoms with Crippen LogP contribution in [0.5, 0.6) is 0 Å². The Morgan fingerprint density at radius 1 is 0.500 bits per heavy atom. The summed E-state index contributed by atoms with van der Waals surface area (Å²) in [6.07, 6.45) is 3.38. The lowest BCUT2D eigenvalue weighted by atomic mass is 9.85. The van der Waals surface area contributed by atoms with Crippen molar-refractivity contribution in [3.63, 3.8) is 0 Å². The van der Waals surface area contributed by atoms with E-state index in [1.807, 2.05) is 0 Å². The van der Waals surface area contributed by atoms with Crippen LogP contribution in [0.25, 0.3) is 0 Å². The highest BCUT2D eigenvalue weighted by Gasteiger charge is 2.28. The Bertz CT molecular complexity index is 210. The largest absolute Gasteiger partial charge is 0.396 e. The number of aliphatic hydroxyl groups excluding tert-OH is 6. The third-order valence-electron chi connectivity index (χ3n) is 4.28. The zero-order valence-electron chi connectivity index (χ0n) is 13.3. The van der Waals surface area contributed by atoms with E-state index in [0.29, 0.717) is 26.1 Å². The molecular formula is C15H32O7. The van der Waals surface area contributed by atoms with E-state index in [0.717, 1.165) is 19.3 Å². The Morgan fingerprint density at radius 2 is 0.955 bits per heavy atom. The standard InChI is InChI=1S/C15H32O7/c16-8-14(9-17,10-18)4-2-1-3-6-22-7-5-15(11-19,12-20)13-21/h16-21H,1-13H2. The van der Waals surface area contributed by atoms with Crippen molar-refractivity contribution in [1.29, 1.82) is 0 Å². The molecule has 0 heterocycles. The molecule has 0 aliphatic heterocycles. The number of hydrogen-bond donors (Lipinski definition) is 6. The quantitative estimate of drug-likeness (QED) is 0.210. The van der Waals surface area contributed by atoms with Gasteiger partial charge in [-0.1, -0.05) is 12.8 Å². The summed E-state index contributed by atoms with van der Waals surface area (Å²) in [7, 11) is 0. The molecule has 0 rings (SSSR count). The summed E-state index contributed by atoms with van der Waals surface area (Å²) < 4.78 is 5.42. The fraction of sp³-hybridized carbons (Fsp3) is 1.00. The van der Waals surface area contributed by atoms with Crippen molar-refractivity contribution in [3.8, 4) is 0 Å². The number of hydrogen-bond acceptors (Lipinski definition) is 7. The lowest BCUT2D eigenvalue weighted by Gasteiger charge is -2.27. The van der Waals surface area contributed by atoms with Gasteiger partial charge in [0.15, 0.2) is 0 Å². The summed E-state index contributed by atoms with van der Waals surface area (Å²) in [4.78, 5) is 0. The van der Waals surface area contributed by atoms with Crippen LogP contribution < -0.4 is 0 Å². The predicted molar refractivity (Wildman–Crippen MR) is 81.3 cm³/mol. The van der Waals surface area contributed by atoms with Crippen LogP contribution in [0.15, 0.2) is 0 Å². The van der Waals surface area contributed by atoms with Crippen LogP contribution in [0.4, 0.5) is 0 Å². The highest BCUT2D eigenvalue weighted by atomic mass is 16.5. The van der Waals surface area contributed by atoms with Crippen LogP contribution in [0.1, 0.15) is 32.1 Å². The van der Waals surface area contributed by atoms with Crippen molar-refractivity contribution in [1.82, 2.24) is 0 Å². The second-order valence-corrected chi connectivity index (χ2v) is 6.12. The summed E-state index contributed by atoms with van der Waals surface area (Å²) >= 11 is 0. The first-order valence-corrected chi connectivity index (χ1v) is 7.80. The van der Waals surface area contributed by atoms with Crippen molar-refractivity contribution in [2.75, 3.05) is 52.9 Å². The first-order valence-electron chi connectivity index (χ1n) is 7.80. The molecule has 0 spiro atoms. The summed E-state index contributed by atoms with van der Waals surface area (Å²) in [5, 5.41) is 55.0. The minimum Gasteiger partial charge on any atom is -0.396 e. The Hall–Kier alpha value is -0.280. The first kappa shape index (κ1) is 21.7. The lowest BCUT2D eigenvalue weighted by Crippen LogP contribution is -2.35. The summed E-state index contributed by atoms with van der Waals surface area (Å²) in [6, 6.07) is 0. The van der Waals surface area contributed by atoms with Crippen molar-refractivity contribution >= 4 is 0 Å². The van der Waals surface area contributed by atoms with E-state index in [2.05, 4.69) is 0 Å². The molecule has 0 aromatic heterocycles. The van der Waals surface area contributed by atoms with Crippen molar-refractivity contribution in [3.05, 3.63) is 0 Å². The van der Waals surface area contributed by atoms with Gasteiger partial charge in [0, 0.05) is 24.0 Å². The van der Waals surface area contributed by atoms with Gasteiger partial charge in [0.05, 0.1) is 39.6 Å². The molecule has 22 heavy (non-hydrogen) atoms. The molecule has 0 radical (unpaired) electrons. The van der Waals surface area contributed by atoms with Crippen LogP contribution in [-0.2, 0) is 4.74 Å². The highest BCUT2D eigenvalue weighted by Crippen LogP contribution is 2.23. The zero-order chi connectivity index (χ0) is 16.9. The maximum absolute atomic E-state index is 9.19. The lowest BCUT2D eigenvalue weighted by molar-refractivity contribution is -0.0218. The van der Waals surface area contributed by atoms with E-state index in [1.165, 1.54) is 0 Å². The van der Waals surface area contributed by atoms with E-state index in [9.17, 15) is 15.3 Å². The molecule has 0 fully saturated rings. The Morgan fingerprint density at radius 3 is 1.41 bits per heavy atom. The molecule has 0 bridgehead atoms. The molecule has 0 unspecified atom stereocenters. The third kappa shape index (κ3) is 7.32. The highest BCUT2D eigenvalue weighted by molar-refractivity contribution is 4.77. The molecular weight excluding hydrogens is 292 g/mol. The molecule has 0 amide bonds. The summed E-state index contributed by atoms with van der Waals surface area (Å²) in [5.74, 6) is 0. The molecule has 7 heteroatoms. The Balaban J connectivity index is 3.70. The van der Waals surface area contributed by atoms with Crippen LogP contribution in [0, 0.1) is 10.8 Å². The predicted octanol–water partition coefficient (Wildman–Crippen LogP) is -1.12. The van der Waals surface area contributed by atoms with Crippen LogP contribution in [0.2, 0.25) is 0 Å². The molecule has 0 aliphatic carbocycles. The molecule has 134 valence electrons. The molecule has 0 saturated carbocycles. The normalized spacial score (nSPS) is 12.8. The first-order chi connectivity index (χ1) is 10.6. The molecule has 6 N–H and O–H groups in total. The van der Waals surface area contributed by atoms with Gasteiger partial charge in [-0.15, -0.1) is 0 Å². The van der Waals surface area contributed by atoms with Gasteiger partial charge >= 0.3 is 0 Å². The van der Waals surface area contributed by atoms with Crippen LogP contribution in [-0.4, -0.2) is 83.5 Å². The molecule has 0 aromatic carbocycles. The molecule has 0 aliphatic rings. The Kier molecular flexibility index (Phi) is 12.0. The molecule has 0 aromatic rings. The van der Waals surface area contributed by atoms with Gasteiger partial charge < -0.3 is 35.4 Å². The smallest absolute Gasteiger partial charge is 0.0532 e. The Labute approximate surface area is 132 Å². The van der Waals surface area contributed by atoms with E-state index in [4.69, 9.17) is 20.1 Å². The zero-order valence-corrected chi connectivity index (χ0v) is 13.3. The van der Waals surface area contributed by atoms with Gasteiger partial charge in [-0.2, -0.15) is 0 Å². The minimum absolute atomic E-state index is 0.234. The number of rotatable bonds is 15. The second kappa shape index (κ2) is 12.2. The number of ether oxygens (including phenoxy) is 1. The average molecular weight is 324 g/mol. The van der Waals surface area contributed by atoms with Gasteiger partial charge in [-0.25, -0.2) is 0 Å². The van der Waals surface area contributed by atoms with Gasteiger partial charge in [0.2, 0.25) is 0 Å². The van der Waals surface area contributed by atoms with Crippen LogP contribution in [0.3, 0.4) is 0 Å². The van der Waals surface area contributed by atoms with Gasteiger partial charge in [0.25, 0.3) is 0 Å². The number of unbranched alkanes of at least 4 members (excludes halogenated alkanes) is 2. The number of aliphatic hydroxyl groups is 6. The van der Waals surface area contributed by atoms with Gasteiger partial charge in [-0.05, 0) is 19.3 Å². The van der Waals surface area contributed by atoms with Crippen LogP contribution >= 0.6 is 0 Å². The van der Waals surface area contributed by atoms with E-state index in [1.54, 1.807) is 0 Å². The van der Waals surface area contributed by atoms with Crippen molar-refractivity contribution in [2.45, 2.75) is 32.1 Å². The van der Waals surface area contributed by atoms with E-state index < -0.39 is 10.8 Å². The minimum atomic E-state index is -0.886.